The van der Waals surface area contributed by atoms with Gasteiger partial charge in [-0.15, -0.1) is 0 Å². The van der Waals surface area contributed by atoms with E-state index in [-0.39, 0.29) is 6.10 Å². The van der Waals surface area contributed by atoms with E-state index in [0.29, 0.717) is 5.88 Å². The molecule has 1 aliphatic rings. The molecular weight excluding hydrogens is 244 g/mol. The van der Waals surface area contributed by atoms with E-state index in [4.69, 9.17) is 19.7 Å². The summed E-state index contributed by atoms with van der Waals surface area (Å²) in [5.74, 6) is 1.20. The Morgan fingerprint density at radius 2 is 1.89 bits per heavy atom. The van der Waals surface area contributed by atoms with Crippen LogP contribution in [0.1, 0.15) is 12.8 Å². The normalized spacial score (nSPS) is 16.4. The van der Waals surface area contributed by atoms with Gasteiger partial charge in [-0.3, -0.25) is 0 Å². The van der Waals surface area contributed by atoms with E-state index in [1.165, 1.54) is 0 Å². The fourth-order valence-electron chi connectivity index (χ4n) is 2.16. The molecule has 1 aromatic carbocycles. The minimum Gasteiger partial charge on any atom is -0.490 e. The molecule has 0 aliphatic carbocycles. The Balaban J connectivity index is 1.70. The molecule has 19 heavy (non-hydrogen) atoms. The summed E-state index contributed by atoms with van der Waals surface area (Å²) in [6.45, 7) is 1.56. The van der Waals surface area contributed by atoms with E-state index < -0.39 is 0 Å². The molecular formula is C14H16N2O3. The summed E-state index contributed by atoms with van der Waals surface area (Å²) in [6.07, 6.45) is 3.75. The van der Waals surface area contributed by atoms with Gasteiger partial charge in [0, 0.05) is 12.8 Å². The van der Waals surface area contributed by atoms with Gasteiger partial charge in [0.25, 0.3) is 0 Å². The van der Waals surface area contributed by atoms with Crippen LogP contribution < -0.4 is 10.5 Å². The van der Waals surface area contributed by atoms with Crippen molar-refractivity contribution in [2.24, 2.45) is 0 Å². The van der Waals surface area contributed by atoms with Gasteiger partial charge < -0.3 is 19.7 Å². The van der Waals surface area contributed by atoms with Crippen molar-refractivity contribution in [3.05, 3.63) is 30.5 Å². The molecule has 2 heterocycles. The molecule has 2 N–H and O–H groups in total. The number of nitrogens with zero attached hydrogens (tertiary/aromatic N) is 1. The van der Waals surface area contributed by atoms with Crippen molar-refractivity contribution in [1.29, 1.82) is 0 Å². The van der Waals surface area contributed by atoms with E-state index in [1.54, 1.807) is 6.20 Å². The number of benzene rings is 1. The topological polar surface area (TPSA) is 70.5 Å². The first-order valence-corrected chi connectivity index (χ1v) is 6.38. The number of ether oxygens (including phenoxy) is 2. The van der Waals surface area contributed by atoms with E-state index >= 15 is 0 Å². The number of aromatic nitrogens is 1. The predicted molar refractivity (Wildman–Crippen MR) is 70.8 cm³/mol. The maximum atomic E-state index is 5.91. The average Bonchev–Trinajstić information content (AvgIpc) is 2.87. The SMILES string of the molecule is Nc1oncc1-c1ccc(OC2CCOCC2)cc1. The third-order valence-electron chi connectivity index (χ3n) is 3.23. The van der Waals surface area contributed by atoms with Gasteiger partial charge in [-0.25, -0.2) is 0 Å². The quantitative estimate of drug-likeness (QED) is 0.918. The zero-order valence-corrected chi connectivity index (χ0v) is 10.5. The fraction of sp³-hybridized carbons (Fsp3) is 0.357. The molecule has 0 amide bonds. The molecule has 2 aromatic rings. The van der Waals surface area contributed by atoms with Crippen molar-refractivity contribution in [3.63, 3.8) is 0 Å². The van der Waals surface area contributed by atoms with Crippen LogP contribution in [-0.4, -0.2) is 24.5 Å². The molecule has 1 saturated heterocycles. The van der Waals surface area contributed by atoms with Gasteiger partial charge in [0.1, 0.15) is 11.9 Å². The van der Waals surface area contributed by atoms with E-state index in [2.05, 4.69) is 5.16 Å². The predicted octanol–water partition coefficient (Wildman–Crippen LogP) is 2.48. The minimum absolute atomic E-state index is 0.250. The summed E-state index contributed by atoms with van der Waals surface area (Å²) < 4.78 is 16.1. The van der Waals surface area contributed by atoms with Crippen LogP contribution >= 0.6 is 0 Å². The highest BCUT2D eigenvalue weighted by Crippen LogP contribution is 2.27. The van der Waals surface area contributed by atoms with Gasteiger partial charge in [0.05, 0.1) is 25.0 Å². The van der Waals surface area contributed by atoms with Crippen molar-refractivity contribution < 1.29 is 14.0 Å². The summed E-state index contributed by atoms with van der Waals surface area (Å²) in [4.78, 5) is 0. The lowest BCUT2D eigenvalue weighted by molar-refractivity contribution is 0.0256. The second-order valence-electron chi connectivity index (χ2n) is 4.56. The first kappa shape index (κ1) is 12.0. The fourth-order valence-corrected chi connectivity index (χ4v) is 2.16. The molecule has 0 bridgehead atoms. The lowest BCUT2D eigenvalue weighted by atomic mass is 10.1. The highest BCUT2D eigenvalue weighted by molar-refractivity contribution is 5.72. The van der Waals surface area contributed by atoms with Crippen LogP contribution in [0.4, 0.5) is 5.88 Å². The third-order valence-corrected chi connectivity index (χ3v) is 3.23. The summed E-state index contributed by atoms with van der Waals surface area (Å²) >= 11 is 0. The van der Waals surface area contributed by atoms with Crippen LogP contribution in [0, 0.1) is 0 Å². The molecule has 0 spiro atoms. The molecule has 100 valence electrons. The second-order valence-corrected chi connectivity index (χ2v) is 4.56. The van der Waals surface area contributed by atoms with Gasteiger partial charge >= 0.3 is 0 Å². The van der Waals surface area contributed by atoms with E-state index in [0.717, 1.165) is 42.9 Å². The molecule has 0 unspecified atom stereocenters. The zero-order chi connectivity index (χ0) is 13.1. The van der Waals surface area contributed by atoms with Gasteiger partial charge in [-0.2, -0.15) is 0 Å². The van der Waals surface area contributed by atoms with Crippen molar-refractivity contribution >= 4 is 5.88 Å². The summed E-state index contributed by atoms with van der Waals surface area (Å²) in [5.41, 5.74) is 7.46. The molecule has 1 fully saturated rings. The van der Waals surface area contributed by atoms with Crippen molar-refractivity contribution in [3.8, 4) is 16.9 Å². The Kier molecular flexibility index (Phi) is 3.37. The van der Waals surface area contributed by atoms with Crippen LogP contribution in [0.2, 0.25) is 0 Å². The Labute approximate surface area is 111 Å². The van der Waals surface area contributed by atoms with Crippen LogP contribution in [0.15, 0.2) is 35.0 Å². The van der Waals surface area contributed by atoms with Crippen LogP contribution in [-0.2, 0) is 4.74 Å². The van der Waals surface area contributed by atoms with Crippen molar-refractivity contribution in [2.45, 2.75) is 18.9 Å². The van der Waals surface area contributed by atoms with Gasteiger partial charge in [-0.05, 0) is 17.7 Å². The van der Waals surface area contributed by atoms with Crippen LogP contribution in [0.5, 0.6) is 5.75 Å². The smallest absolute Gasteiger partial charge is 0.229 e. The Hall–Kier alpha value is -2.01. The Morgan fingerprint density at radius 1 is 1.16 bits per heavy atom. The monoisotopic (exact) mass is 260 g/mol. The van der Waals surface area contributed by atoms with Crippen LogP contribution in [0.3, 0.4) is 0 Å². The van der Waals surface area contributed by atoms with E-state index in [1.807, 2.05) is 24.3 Å². The minimum atomic E-state index is 0.250. The molecule has 0 radical (unpaired) electrons. The summed E-state index contributed by atoms with van der Waals surface area (Å²) in [6, 6.07) is 7.80. The first-order valence-electron chi connectivity index (χ1n) is 6.38. The molecule has 0 atom stereocenters. The molecule has 5 nitrogen and oxygen atoms in total. The highest BCUT2D eigenvalue weighted by atomic mass is 16.5. The number of rotatable bonds is 3. The number of hydrogen-bond acceptors (Lipinski definition) is 5. The number of hydrogen-bond donors (Lipinski definition) is 1. The van der Waals surface area contributed by atoms with Gasteiger partial charge in [0.2, 0.25) is 5.88 Å². The zero-order valence-electron chi connectivity index (χ0n) is 10.5. The third kappa shape index (κ3) is 2.71. The standard InChI is InChI=1S/C14H16N2O3/c15-14-13(9-16-19-14)10-1-3-11(4-2-10)18-12-5-7-17-8-6-12/h1-4,9,12H,5-8,15H2. The Morgan fingerprint density at radius 3 is 2.53 bits per heavy atom. The number of anilines is 1. The van der Waals surface area contributed by atoms with Crippen molar-refractivity contribution in [2.75, 3.05) is 18.9 Å². The molecule has 1 aliphatic heterocycles. The molecule has 3 rings (SSSR count). The number of nitrogens with two attached hydrogens (primary N) is 1. The lowest BCUT2D eigenvalue weighted by Crippen LogP contribution is -2.25. The van der Waals surface area contributed by atoms with Crippen LogP contribution in [0.25, 0.3) is 11.1 Å². The molecule has 5 heteroatoms. The van der Waals surface area contributed by atoms with Crippen molar-refractivity contribution in [1.82, 2.24) is 5.16 Å². The highest BCUT2D eigenvalue weighted by Gasteiger charge is 2.15. The summed E-state index contributed by atoms with van der Waals surface area (Å²) in [7, 11) is 0. The summed E-state index contributed by atoms with van der Waals surface area (Å²) in [5, 5.41) is 3.67. The lowest BCUT2D eigenvalue weighted by Gasteiger charge is -2.23. The molecule has 1 aromatic heterocycles. The van der Waals surface area contributed by atoms with Gasteiger partial charge in [0.15, 0.2) is 0 Å². The molecule has 0 saturated carbocycles. The maximum Gasteiger partial charge on any atom is 0.229 e. The number of nitrogen functional groups attached to an aromatic ring is 1. The van der Waals surface area contributed by atoms with Gasteiger partial charge in [-0.1, -0.05) is 17.3 Å². The largest absolute Gasteiger partial charge is 0.490 e. The average molecular weight is 260 g/mol. The Bertz CT molecular complexity index is 530. The van der Waals surface area contributed by atoms with E-state index in [9.17, 15) is 0 Å². The maximum absolute atomic E-state index is 5.91. The first-order chi connectivity index (χ1) is 9.33. The second kappa shape index (κ2) is 5.32.